The number of carbonyl (C=O) groups excluding carboxylic acids is 1. The number of anilines is 2. The number of thiazole rings is 1. The summed E-state index contributed by atoms with van der Waals surface area (Å²) < 4.78 is 0. The fourth-order valence-corrected chi connectivity index (χ4v) is 2.47. The molecule has 6 heteroatoms. The van der Waals surface area contributed by atoms with Gasteiger partial charge in [0.1, 0.15) is 10.7 Å². The van der Waals surface area contributed by atoms with Crippen molar-refractivity contribution in [3.8, 4) is 12.3 Å². The van der Waals surface area contributed by atoms with Crippen LogP contribution in [0.5, 0.6) is 0 Å². The second-order valence-electron chi connectivity index (χ2n) is 3.59. The molecule has 0 aromatic carbocycles. The van der Waals surface area contributed by atoms with Crippen molar-refractivity contribution in [2.75, 3.05) is 30.3 Å². The summed E-state index contributed by atoms with van der Waals surface area (Å²) in [6, 6.07) is 0. The Kier molecular flexibility index (Phi) is 5.46. The molecule has 0 saturated carbocycles. The second-order valence-corrected chi connectivity index (χ2v) is 4.57. The molecule has 1 aromatic rings. The molecule has 0 unspecified atom stereocenters. The van der Waals surface area contributed by atoms with Gasteiger partial charge in [-0.25, -0.2) is 4.98 Å². The molecule has 1 aromatic heterocycles. The third kappa shape index (κ3) is 3.37. The molecule has 1 rings (SSSR count). The van der Waals surface area contributed by atoms with Crippen LogP contribution in [-0.4, -0.2) is 30.5 Å². The summed E-state index contributed by atoms with van der Waals surface area (Å²) in [5.74, 6) is 2.53. The lowest BCUT2D eigenvalue weighted by Gasteiger charge is -2.16. The van der Waals surface area contributed by atoms with E-state index in [0.717, 1.165) is 18.2 Å². The molecule has 1 heterocycles. The van der Waals surface area contributed by atoms with Crippen LogP contribution < -0.4 is 16.0 Å². The van der Waals surface area contributed by atoms with Gasteiger partial charge in [-0.3, -0.25) is 4.79 Å². The van der Waals surface area contributed by atoms with Crippen LogP contribution in [0.15, 0.2) is 0 Å². The van der Waals surface area contributed by atoms with Crippen LogP contribution in [0, 0.1) is 12.3 Å². The predicted octanol–water partition coefficient (Wildman–Crippen LogP) is 1.32. The van der Waals surface area contributed by atoms with Crippen LogP contribution in [0.1, 0.15) is 29.9 Å². The molecule has 1 amide bonds. The van der Waals surface area contributed by atoms with Crippen LogP contribution in [0.4, 0.5) is 10.9 Å². The summed E-state index contributed by atoms with van der Waals surface area (Å²) in [6.45, 7) is 6.19. The molecule has 0 radical (unpaired) electrons. The van der Waals surface area contributed by atoms with Gasteiger partial charge in [0.15, 0.2) is 5.13 Å². The third-order valence-corrected chi connectivity index (χ3v) is 3.57. The molecule has 0 aliphatic rings. The minimum Gasteiger partial charge on any atom is -0.382 e. The first kappa shape index (κ1) is 14.3. The molecule has 0 spiro atoms. The first-order valence-electron chi connectivity index (χ1n) is 5.86. The smallest absolute Gasteiger partial charge is 0.265 e. The summed E-state index contributed by atoms with van der Waals surface area (Å²) in [5.41, 5.74) is 5.77. The Labute approximate surface area is 111 Å². The Hall–Kier alpha value is -1.74. The number of terminal acetylenes is 1. The number of nitrogens with two attached hydrogens (primary N) is 1. The monoisotopic (exact) mass is 266 g/mol. The Morgan fingerprint density at radius 1 is 1.56 bits per heavy atom. The van der Waals surface area contributed by atoms with E-state index < -0.39 is 0 Å². The summed E-state index contributed by atoms with van der Waals surface area (Å²) >= 11 is 1.31. The number of hydrogen-bond donors (Lipinski definition) is 2. The van der Waals surface area contributed by atoms with Crippen molar-refractivity contribution < 1.29 is 4.79 Å². The van der Waals surface area contributed by atoms with Gasteiger partial charge in [0, 0.05) is 26.1 Å². The van der Waals surface area contributed by atoms with E-state index in [1.54, 1.807) is 0 Å². The van der Waals surface area contributed by atoms with Gasteiger partial charge in [0.25, 0.3) is 5.91 Å². The zero-order chi connectivity index (χ0) is 13.5. The van der Waals surface area contributed by atoms with Gasteiger partial charge in [-0.15, -0.1) is 12.3 Å². The fourth-order valence-electron chi connectivity index (χ4n) is 1.44. The quantitative estimate of drug-likeness (QED) is 0.602. The molecule has 0 aliphatic heterocycles. The average molecular weight is 266 g/mol. The maximum atomic E-state index is 11.8. The number of carbonyl (C=O) groups is 1. The number of amides is 1. The van der Waals surface area contributed by atoms with Gasteiger partial charge in [0.2, 0.25) is 0 Å². The Balaban J connectivity index is 2.78. The molecular formula is C12H18N4OS. The third-order valence-electron chi connectivity index (χ3n) is 2.44. The largest absolute Gasteiger partial charge is 0.382 e. The number of aromatic nitrogens is 1. The lowest BCUT2D eigenvalue weighted by Crippen LogP contribution is -2.24. The molecule has 18 heavy (non-hydrogen) atoms. The Bertz CT molecular complexity index is 445. The minimum atomic E-state index is -0.210. The number of nitrogens with one attached hydrogen (secondary N) is 1. The maximum absolute atomic E-state index is 11.8. The van der Waals surface area contributed by atoms with E-state index in [0.29, 0.717) is 17.8 Å². The van der Waals surface area contributed by atoms with Gasteiger partial charge in [-0.05, 0) is 13.8 Å². The van der Waals surface area contributed by atoms with Gasteiger partial charge >= 0.3 is 0 Å². The lowest BCUT2D eigenvalue weighted by molar-refractivity contribution is 0.0959. The molecule has 3 N–H and O–H groups in total. The van der Waals surface area contributed by atoms with Crippen molar-refractivity contribution >= 4 is 28.2 Å². The average Bonchev–Trinajstić information content (AvgIpc) is 2.73. The van der Waals surface area contributed by atoms with E-state index in [2.05, 4.69) is 21.1 Å². The summed E-state index contributed by atoms with van der Waals surface area (Å²) in [5, 5.41) is 3.50. The topological polar surface area (TPSA) is 71.2 Å². The van der Waals surface area contributed by atoms with Crippen LogP contribution in [0.2, 0.25) is 0 Å². The number of rotatable bonds is 6. The molecule has 0 atom stereocenters. The van der Waals surface area contributed by atoms with E-state index in [1.807, 2.05) is 13.8 Å². The molecule has 0 aliphatic carbocycles. The van der Waals surface area contributed by atoms with E-state index in [1.165, 1.54) is 11.3 Å². The molecule has 0 fully saturated rings. The lowest BCUT2D eigenvalue weighted by atomic mass is 10.4. The fraction of sp³-hybridized carbons (Fsp3) is 0.500. The van der Waals surface area contributed by atoms with E-state index in [-0.39, 0.29) is 11.7 Å². The highest BCUT2D eigenvalue weighted by atomic mass is 32.1. The highest BCUT2D eigenvalue weighted by molar-refractivity contribution is 7.18. The summed E-state index contributed by atoms with van der Waals surface area (Å²) in [4.78, 5) is 18.6. The predicted molar refractivity (Wildman–Crippen MR) is 75.9 cm³/mol. The SMILES string of the molecule is C#CCCNC(=O)c1sc(N(CC)CC)nc1N. The minimum absolute atomic E-state index is 0.210. The van der Waals surface area contributed by atoms with Gasteiger partial charge in [-0.1, -0.05) is 11.3 Å². The number of hydrogen-bond acceptors (Lipinski definition) is 5. The van der Waals surface area contributed by atoms with E-state index >= 15 is 0 Å². The zero-order valence-electron chi connectivity index (χ0n) is 10.7. The maximum Gasteiger partial charge on any atom is 0.265 e. The van der Waals surface area contributed by atoms with Crippen molar-refractivity contribution in [1.82, 2.24) is 10.3 Å². The summed E-state index contributed by atoms with van der Waals surface area (Å²) in [6.07, 6.45) is 5.63. The summed E-state index contributed by atoms with van der Waals surface area (Å²) in [7, 11) is 0. The Morgan fingerprint density at radius 3 is 2.78 bits per heavy atom. The molecular weight excluding hydrogens is 248 g/mol. The first-order valence-corrected chi connectivity index (χ1v) is 6.68. The van der Waals surface area contributed by atoms with Crippen LogP contribution in [-0.2, 0) is 0 Å². The van der Waals surface area contributed by atoms with Gasteiger partial charge in [-0.2, -0.15) is 0 Å². The second kappa shape index (κ2) is 6.87. The van der Waals surface area contributed by atoms with Crippen molar-refractivity contribution in [1.29, 1.82) is 0 Å². The standard InChI is InChI=1S/C12H18N4OS/c1-4-7-8-14-11(17)9-10(13)15-12(18-9)16(5-2)6-3/h1H,5-8,13H2,2-3H3,(H,14,17). The van der Waals surface area contributed by atoms with Crippen LogP contribution >= 0.6 is 11.3 Å². The highest BCUT2D eigenvalue weighted by Crippen LogP contribution is 2.27. The molecule has 0 bridgehead atoms. The van der Waals surface area contributed by atoms with Crippen LogP contribution in [0.25, 0.3) is 0 Å². The van der Waals surface area contributed by atoms with Gasteiger partial charge in [0.05, 0.1) is 0 Å². The first-order chi connectivity index (χ1) is 8.63. The number of nitrogens with zero attached hydrogens (tertiary/aromatic N) is 2. The highest BCUT2D eigenvalue weighted by Gasteiger charge is 2.17. The molecule has 5 nitrogen and oxygen atoms in total. The van der Waals surface area contributed by atoms with Gasteiger partial charge < -0.3 is 16.0 Å². The Morgan fingerprint density at radius 2 is 2.22 bits per heavy atom. The molecule has 98 valence electrons. The van der Waals surface area contributed by atoms with Crippen molar-refractivity contribution in [2.45, 2.75) is 20.3 Å². The van der Waals surface area contributed by atoms with Crippen molar-refractivity contribution in [2.24, 2.45) is 0 Å². The normalized spacial score (nSPS) is 9.83. The van der Waals surface area contributed by atoms with Crippen LogP contribution in [0.3, 0.4) is 0 Å². The van der Waals surface area contributed by atoms with Crippen molar-refractivity contribution in [3.05, 3.63) is 4.88 Å². The van der Waals surface area contributed by atoms with E-state index in [4.69, 9.17) is 12.2 Å². The number of nitrogen functional groups attached to an aromatic ring is 1. The zero-order valence-corrected chi connectivity index (χ0v) is 11.5. The van der Waals surface area contributed by atoms with E-state index in [9.17, 15) is 4.79 Å². The van der Waals surface area contributed by atoms with Crippen molar-refractivity contribution in [3.63, 3.8) is 0 Å². The molecule has 0 saturated heterocycles.